The number of carbonyl (C=O) groups is 1. The van der Waals surface area contributed by atoms with Gasteiger partial charge in [-0.2, -0.15) is 0 Å². The number of amides is 1. The monoisotopic (exact) mass is 381 g/mol. The van der Waals surface area contributed by atoms with E-state index in [-0.39, 0.29) is 17.1 Å². The normalized spacial score (nSPS) is 16.6. The molecular formula is C24H31NO3. The van der Waals surface area contributed by atoms with Gasteiger partial charge in [-0.3, -0.25) is 0 Å². The zero-order valence-electron chi connectivity index (χ0n) is 17.4. The molecule has 4 nitrogen and oxygen atoms in total. The van der Waals surface area contributed by atoms with Crippen LogP contribution in [0.25, 0.3) is 0 Å². The highest BCUT2D eigenvalue weighted by Crippen LogP contribution is 2.54. The van der Waals surface area contributed by atoms with Crippen LogP contribution in [-0.2, 0) is 16.6 Å². The van der Waals surface area contributed by atoms with Gasteiger partial charge in [0.15, 0.2) is 0 Å². The zero-order chi connectivity index (χ0) is 20.2. The minimum absolute atomic E-state index is 0.261. The molecule has 1 fully saturated rings. The van der Waals surface area contributed by atoms with E-state index in [1.165, 1.54) is 36.6 Å². The van der Waals surface area contributed by atoms with Gasteiger partial charge in [0.2, 0.25) is 0 Å². The molecule has 0 radical (unpaired) electrons. The van der Waals surface area contributed by atoms with Crippen molar-refractivity contribution in [1.82, 2.24) is 5.32 Å². The summed E-state index contributed by atoms with van der Waals surface area (Å²) in [6.45, 7) is 6.33. The van der Waals surface area contributed by atoms with Crippen LogP contribution in [0.3, 0.4) is 0 Å². The maximum Gasteiger partial charge on any atom is 0.407 e. The van der Waals surface area contributed by atoms with E-state index >= 15 is 0 Å². The summed E-state index contributed by atoms with van der Waals surface area (Å²) in [6.07, 6.45) is 4.44. The molecule has 2 aromatic rings. The summed E-state index contributed by atoms with van der Waals surface area (Å²) in [6, 6.07) is 17.8. The fourth-order valence-corrected chi connectivity index (χ4v) is 3.59. The minimum Gasteiger partial charge on any atom is -0.493 e. The van der Waals surface area contributed by atoms with Crippen LogP contribution in [0, 0.1) is 0 Å². The van der Waals surface area contributed by atoms with Crippen molar-refractivity contribution in [2.45, 2.75) is 57.5 Å². The SMILES string of the molecule is CNC(=O)OC(C)(C)C.c1ccc(C2(c3ccc4c(c3)OCCC4)CC2)cc1. The molecule has 4 rings (SSSR count). The topological polar surface area (TPSA) is 47.6 Å². The van der Waals surface area contributed by atoms with Crippen molar-refractivity contribution < 1.29 is 14.3 Å². The van der Waals surface area contributed by atoms with E-state index in [0.29, 0.717) is 0 Å². The largest absolute Gasteiger partial charge is 0.493 e. The maximum atomic E-state index is 10.5. The lowest BCUT2D eigenvalue weighted by molar-refractivity contribution is 0.0541. The van der Waals surface area contributed by atoms with Crippen molar-refractivity contribution in [2.75, 3.05) is 13.7 Å². The highest BCUT2D eigenvalue weighted by atomic mass is 16.6. The summed E-state index contributed by atoms with van der Waals surface area (Å²) < 4.78 is 10.7. The van der Waals surface area contributed by atoms with E-state index in [1.807, 2.05) is 20.8 Å². The van der Waals surface area contributed by atoms with E-state index in [2.05, 4.69) is 53.8 Å². The molecule has 1 aliphatic heterocycles. The van der Waals surface area contributed by atoms with Crippen LogP contribution in [0.5, 0.6) is 5.75 Å². The smallest absolute Gasteiger partial charge is 0.407 e. The second-order valence-electron chi connectivity index (χ2n) is 8.47. The van der Waals surface area contributed by atoms with Crippen LogP contribution in [0.2, 0.25) is 0 Å². The van der Waals surface area contributed by atoms with E-state index in [4.69, 9.17) is 9.47 Å². The molecule has 28 heavy (non-hydrogen) atoms. The number of hydrogen-bond acceptors (Lipinski definition) is 3. The molecule has 0 unspecified atom stereocenters. The van der Waals surface area contributed by atoms with Crippen molar-refractivity contribution in [3.63, 3.8) is 0 Å². The summed E-state index contributed by atoms with van der Waals surface area (Å²) in [5.74, 6) is 1.12. The lowest BCUT2D eigenvalue weighted by atomic mass is 9.87. The number of carbonyl (C=O) groups excluding carboxylic acids is 1. The molecule has 4 heteroatoms. The number of benzene rings is 2. The van der Waals surface area contributed by atoms with Gasteiger partial charge in [0, 0.05) is 12.5 Å². The first-order valence-corrected chi connectivity index (χ1v) is 10.1. The molecule has 0 spiro atoms. The van der Waals surface area contributed by atoms with E-state index in [9.17, 15) is 4.79 Å². The van der Waals surface area contributed by atoms with Crippen LogP contribution in [0.15, 0.2) is 48.5 Å². The van der Waals surface area contributed by atoms with Gasteiger partial charge in [0.05, 0.1) is 6.61 Å². The van der Waals surface area contributed by atoms with Crippen molar-refractivity contribution in [3.8, 4) is 5.75 Å². The Morgan fingerprint density at radius 2 is 1.79 bits per heavy atom. The molecule has 0 aromatic heterocycles. The number of ether oxygens (including phenoxy) is 2. The van der Waals surface area contributed by atoms with Gasteiger partial charge in [-0.1, -0.05) is 42.5 Å². The Hall–Kier alpha value is -2.49. The zero-order valence-corrected chi connectivity index (χ0v) is 17.4. The Balaban J connectivity index is 0.000000215. The summed E-state index contributed by atoms with van der Waals surface area (Å²) in [4.78, 5) is 10.5. The fourth-order valence-electron chi connectivity index (χ4n) is 3.59. The Labute approximate surface area is 168 Å². The first kappa shape index (κ1) is 20.2. The van der Waals surface area contributed by atoms with E-state index in [1.54, 1.807) is 0 Å². The number of aryl methyl sites for hydroxylation is 1. The number of alkyl carbamates (subject to hydrolysis) is 1. The molecule has 1 N–H and O–H groups in total. The molecule has 1 amide bonds. The highest BCUT2D eigenvalue weighted by molar-refractivity contribution is 5.67. The maximum absolute atomic E-state index is 10.5. The van der Waals surface area contributed by atoms with E-state index < -0.39 is 0 Å². The second-order valence-corrected chi connectivity index (χ2v) is 8.47. The lowest BCUT2D eigenvalue weighted by Crippen LogP contribution is -2.30. The highest BCUT2D eigenvalue weighted by Gasteiger charge is 2.45. The van der Waals surface area contributed by atoms with Crippen LogP contribution in [-0.4, -0.2) is 25.3 Å². The van der Waals surface area contributed by atoms with Crippen molar-refractivity contribution >= 4 is 6.09 Å². The van der Waals surface area contributed by atoms with Gasteiger partial charge >= 0.3 is 6.09 Å². The average Bonchev–Trinajstić information content (AvgIpc) is 3.49. The summed E-state index contributed by atoms with van der Waals surface area (Å²) in [7, 11) is 1.54. The molecular weight excluding hydrogens is 350 g/mol. The summed E-state index contributed by atoms with van der Waals surface area (Å²) in [5, 5.41) is 2.36. The molecule has 150 valence electrons. The molecule has 0 bridgehead atoms. The van der Waals surface area contributed by atoms with Crippen molar-refractivity contribution in [1.29, 1.82) is 0 Å². The summed E-state index contributed by atoms with van der Waals surface area (Å²) in [5.41, 5.74) is 4.13. The third-order valence-electron chi connectivity index (χ3n) is 5.15. The van der Waals surface area contributed by atoms with Crippen LogP contribution < -0.4 is 10.1 Å². The Morgan fingerprint density at radius 1 is 1.07 bits per heavy atom. The van der Waals surface area contributed by atoms with Crippen molar-refractivity contribution in [2.24, 2.45) is 0 Å². The standard InChI is InChI=1S/C18H18O.C6H13NO2/c1-2-6-15(7-3-1)18(10-11-18)16-9-8-14-5-4-12-19-17(14)13-16;1-6(2,3)9-5(8)7-4/h1-3,6-9,13H,4-5,10-12H2;1-4H3,(H,7,8). The van der Waals surface area contributed by atoms with E-state index in [0.717, 1.165) is 25.2 Å². The average molecular weight is 382 g/mol. The first-order chi connectivity index (χ1) is 13.3. The molecule has 1 saturated carbocycles. The Bertz CT molecular complexity index is 804. The quantitative estimate of drug-likeness (QED) is 0.774. The number of rotatable bonds is 2. The predicted octanol–water partition coefficient (Wildman–Crippen LogP) is 5.23. The summed E-state index contributed by atoms with van der Waals surface area (Å²) >= 11 is 0. The first-order valence-electron chi connectivity index (χ1n) is 10.1. The Kier molecular flexibility index (Phi) is 5.97. The van der Waals surface area contributed by atoms with Gasteiger partial charge in [-0.05, 0) is 69.2 Å². The third-order valence-corrected chi connectivity index (χ3v) is 5.15. The van der Waals surface area contributed by atoms with Gasteiger partial charge in [-0.15, -0.1) is 0 Å². The molecule has 2 aromatic carbocycles. The molecule has 1 heterocycles. The minimum atomic E-state index is -0.389. The van der Waals surface area contributed by atoms with Crippen LogP contribution >= 0.6 is 0 Å². The number of nitrogens with one attached hydrogen (secondary N) is 1. The third kappa shape index (κ3) is 4.86. The van der Waals surface area contributed by atoms with Gasteiger partial charge < -0.3 is 14.8 Å². The van der Waals surface area contributed by atoms with Gasteiger partial charge in [0.25, 0.3) is 0 Å². The van der Waals surface area contributed by atoms with Crippen LogP contribution in [0.1, 0.15) is 56.7 Å². The molecule has 0 saturated heterocycles. The molecule has 2 aliphatic rings. The number of hydrogen-bond donors (Lipinski definition) is 1. The fraction of sp³-hybridized carbons (Fsp3) is 0.458. The van der Waals surface area contributed by atoms with Crippen LogP contribution in [0.4, 0.5) is 4.79 Å². The van der Waals surface area contributed by atoms with Crippen molar-refractivity contribution in [3.05, 3.63) is 65.2 Å². The van der Waals surface area contributed by atoms with Gasteiger partial charge in [0.1, 0.15) is 11.4 Å². The molecule has 0 atom stereocenters. The number of fused-ring (bicyclic) bond motifs is 1. The van der Waals surface area contributed by atoms with Gasteiger partial charge in [-0.25, -0.2) is 4.79 Å². The molecule has 1 aliphatic carbocycles. The Morgan fingerprint density at radius 3 is 2.36 bits per heavy atom. The predicted molar refractivity (Wildman–Crippen MR) is 112 cm³/mol. The second kappa shape index (κ2) is 8.26. The lowest BCUT2D eigenvalue weighted by Gasteiger charge is -2.22.